The number of aryl methyl sites for hydroxylation is 1. The molecule has 1 aliphatic rings. The number of hydrogen-bond donors (Lipinski definition) is 1. The van der Waals surface area contributed by atoms with Crippen LogP contribution in [-0.4, -0.2) is 43.3 Å². The molecule has 6 heteroatoms. The molecule has 0 saturated carbocycles. The Morgan fingerprint density at radius 1 is 1.25 bits per heavy atom. The first kappa shape index (κ1) is 17.1. The Labute approximate surface area is 148 Å². The zero-order valence-corrected chi connectivity index (χ0v) is 14.9. The Morgan fingerprint density at radius 2 is 2.04 bits per heavy atom. The first-order chi connectivity index (χ1) is 11.7. The minimum Gasteiger partial charge on any atom is -0.378 e. The van der Waals surface area contributed by atoms with E-state index in [1.165, 1.54) is 0 Å². The van der Waals surface area contributed by atoms with Crippen molar-refractivity contribution in [1.82, 2.24) is 15.3 Å². The second-order valence-corrected chi connectivity index (χ2v) is 6.43. The van der Waals surface area contributed by atoms with Gasteiger partial charge in [-0.15, -0.1) is 0 Å². The third kappa shape index (κ3) is 4.04. The molecule has 3 rings (SSSR count). The molecule has 128 valence electrons. The number of methoxy groups -OCH3 is 1. The number of benzene rings is 1. The third-order valence-corrected chi connectivity index (χ3v) is 4.39. The summed E-state index contributed by atoms with van der Waals surface area (Å²) in [6, 6.07) is 7.96. The van der Waals surface area contributed by atoms with E-state index in [0.29, 0.717) is 6.61 Å². The minimum atomic E-state index is 0.484. The summed E-state index contributed by atoms with van der Waals surface area (Å²) in [5, 5.41) is 4.14. The van der Waals surface area contributed by atoms with E-state index in [2.05, 4.69) is 21.3 Å². The lowest BCUT2D eigenvalue weighted by atomic mass is 10.0. The minimum absolute atomic E-state index is 0.484. The van der Waals surface area contributed by atoms with Gasteiger partial charge in [0.05, 0.1) is 12.3 Å². The Morgan fingerprint density at radius 3 is 2.75 bits per heavy atom. The normalized spacial score (nSPS) is 14.9. The van der Waals surface area contributed by atoms with E-state index in [-0.39, 0.29) is 0 Å². The molecule has 5 nitrogen and oxygen atoms in total. The van der Waals surface area contributed by atoms with Crippen molar-refractivity contribution in [3.63, 3.8) is 0 Å². The van der Waals surface area contributed by atoms with E-state index in [9.17, 15) is 0 Å². The van der Waals surface area contributed by atoms with Crippen molar-refractivity contribution in [2.75, 3.05) is 38.2 Å². The molecule has 2 heterocycles. The number of anilines is 1. The lowest BCUT2D eigenvalue weighted by Gasteiger charge is -2.31. The summed E-state index contributed by atoms with van der Waals surface area (Å²) in [5.41, 5.74) is 3.24. The van der Waals surface area contributed by atoms with Gasteiger partial charge >= 0.3 is 0 Å². The van der Waals surface area contributed by atoms with Crippen molar-refractivity contribution in [3.05, 3.63) is 51.9 Å². The number of nitrogens with one attached hydrogen (secondary N) is 1. The highest BCUT2D eigenvalue weighted by Gasteiger charge is 2.20. The molecular weight excluding hydrogens is 324 g/mol. The van der Waals surface area contributed by atoms with Crippen molar-refractivity contribution >= 4 is 17.4 Å². The summed E-state index contributed by atoms with van der Waals surface area (Å²) in [6.07, 6.45) is 0.749. The smallest absolute Gasteiger partial charge is 0.136 e. The molecule has 1 N–H and O–H groups in total. The summed E-state index contributed by atoms with van der Waals surface area (Å²) in [6.45, 7) is 6.27. The lowest BCUT2D eigenvalue weighted by molar-refractivity contribution is 0.180. The van der Waals surface area contributed by atoms with Crippen molar-refractivity contribution in [2.45, 2.75) is 20.0 Å². The summed E-state index contributed by atoms with van der Waals surface area (Å²) in [7, 11) is 1.70. The molecule has 0 amide bonds. The van der Waals surface area contributed by atoms with Crippen LogP contribution >= 0.6 is 11.6 Å². The van der Waals surface area contributed by atoms with Gasteiger partial charge in [0, 0.05) is 50.3 Å². The molecule has 24 heavy (non-hydrogen) atoms. The van der Waals surface area contributed by atoms with Crippen LogP contribution in [0.5, 0.6) is 0 Å². The predicted octanol–water partition coefficient (Wildman–Crippen LogP) is 2.59. The Balaban J connectivity index is 2.02. The molecule has 1 saturated heterocycles. The number of aromatic nitrogens is 2. The van der Waals surface area contributed by atoms with Gasteiger partial charge in [-0.05, 0) is 24.6 Å². The predicted molar refractivity (Wildman–Crippen MR) is 96.8 cm³/mol. The van der Waals surface area contributed by atoms with Gasteiger partial charge in [0.15, 0.2) is 0 Å². The number of piperazine rings is 1. The summed E-state index contributed by atoms with van der Waals surface area (Å²) < 4.78 is 5.38. The molecule has 2 aromatic rings. The molecule has 1 aromatic carbocycles. The van der Waals surface area contributed by atoms with Crippen LogP contribution in [0.4, 0.5) is 5.82 Å². The zero-order chi connectivity index (χ0) is 16.9. The Bertz CT molecular complexity index is 701. The largest absolute Gasteiger partial charge is 0.378 e. The number of hydrogen-bond acceptors (Lipinski definition) is 5. The fourth-order valence-corrected chi connectivity index (χ4v) is 3.28. The second kappa shape index (κ2) is 7.92. The molecule has 0 aliphatic carbocycles. The molecular formula is C18H23ClN4O. The van der Waals surface area contributed by atoms with E-state index in [1.54, 1.807) is 7.11 Å². The lowest BCUT2D eigenvalue weighted by Crippen LogP contribution is -2.44. The van der Waals surface area contributed by atoms with Crippen molar-refractivity contribution in [3.8, 4) is 0 Å². The summed E-state index contributed by atoms with van der Waals surface area (Å²) >= 11 is 6.15. The van der Waals surface area contributed by atoms with Crippen LogP contribution in [0.2, 0.25) is 5.02 Å². The van der Waals surface area contributed by atoms with Crippen LogP contribution in [0.15, 0.2) is 24.3 Å². The van der Waals surface area contributed by atoms with E-state index in [4.69, 9.17) is 21.3 Å². The molecule has 0 spiro atoms. The van der Waals surface area contributed by atoms with Gasteiger partial charge in [0.2, 0.25) is 0 Å². The zero-order valence-electron chi connectivity index (χ0n) is 14.2. The van der Waals surface area contributed by atoms with Gasteiger partial charge in [-0.25, -0.2) is 9.97 Å². The fourth-order valence-electron chi connectivity index (χ4n) is 3.06. The van der Waals surface area contributed by atoms with E-state index >= 15 is 0 Å². The van der Waals surface area contributed by atoms with E-state index in [0.717, 1.165) is 66.1 Å². The Kier molecular flexibility index (Phi) is 5.66. The summed E-state index contributed by atoms with van der Waals surface area (Å²) in [5.74, 6) is 1.81. The highest BCUT2D eigenvalue weighted by molar-refractivity contribution is 6.30. The topological polar surface area (TPSA) is 50.3 Å². The van der Waals surface area contributed by atoms with Gasteiger partial charge in [0.1, 0.15) is 11.6 Å². The number of ether oxygens (including phenoxy) is 1. The number of halogens is 1. The summed E-state index contributed by atoms with van der Waals surface area (Å²) in [4.78, 5) is 11.7. The standard InChI is InChI=1S/C18H23ClN4O/c1-13-21-17(12-24-2)16(11-14-4-3-5-15(19)10-14)18(22-13)23-8-6-20-7-9-23/h3-5,10,20H,6-9,11-12H2,1-2H3. The number of nitrogens with zero attached hydrogens (tertiary/aromatic N) is 3. The van der Waals surface area contributed by atoms with Crippen LogP contribution in [-0.2, 0) is 17.8 Å². The van der Waals surface area contributed by atoms with Gasteiger partial charge in [-0.1, -0.05) is 23.7 Å². The maximum Gasteiger partial charge on any atom is 0.136 e. The number of rotatable bonds is 5. The fraction of sp³-hybridized carbons (Fsp3) is 0.444. The average Bonchev–Trinajstić information content (AvgIpc) is 2.58. The molecule has 0 bridgehead atoms. The SMILES string of the molecule is COCc1nc(C)nc(N2CCNCC2)c1Cc1cccc(Cl)c1. The van der Waals surface area contributed by atoms with Crippen LogP contribution in [0.3, 0.4) is 0 Å². The van der Waals surface area contributed by atoms with Crippen molar-refractivity contribution in [2.24, 2.45) is 0 Å². The first-order valence-corrected chi connectivity index (χ1v) is 8.60. The van der Waals surface area contributed by atoms with E-state index < -0.39 is 0 Å². The highest BCUT2D eigenvalue weighted by Crippen LogP contribution is 2.26. The van der Waals surface area contributed by atoms with Gasteiger partial charge in [0.25, 0.3) is 0 Å². The molecule has 0 atom stereocenters. The van der Waals surface area contributed by atoms with Crippen LogP contribution in [0.25, 0.3) is 0 Å². The maximum atomic E-state index is 6.15. The first-order valence-electron chi connectivity index (χ1n) is 8.23. The molecule has 1 fully saturated rings. The van der Waals surface area contributed by atoms with E-state index in [1.807, 2.05) is 25.1 Å². The van der Waals surface area contributed by atoms with Crippen molar-refractivity contribution in [1.29, 1.82) is 0 Å². The maximum absolute atomic E-state index is 6.15. The molecule has 1 aliphatic heterocycles. The molecule has 0 unspecified atom stereocenters. The third-order valence-electron chi connectivity index (χ3n) is 4.15. The van der Waals surface area contributed by atoms with Crippen LogP contribution < -0.4 is 10.2 Å². The second-order valence-electron chi connectivity index (χ2n) is 6.00. The van der Waals surface area contributed by atoms with Gasteiger partial charge in [-0.2, -0.15) is 0 Å². The van der Waals surface area contributed by atoms with Gasteiger partial charge in [-0.3, -0.25) is 0 Å². The van der Waals surface area contributed by atoms with Crippen LogP contribution in [0.1, 0.15) is 22.6 Å². The van der Waals surface area contributed by atoms with Gasteiger partial charge < -0.3 is 15.0 Å². The van der Waals surface area contributed by atoms with Crippen LogP contribution in [0, 0.1) is 6.92 Å². The quantitative estimate of drug-likeness (QED) is 0.901. The average molecular weight is 347 g/mol. The Hall–Kier alpha value is -1.69. The molecule has 0 radical (unpaired) electrons. The monoisotopic (exact) mass is 346 g/mol. The highest BCUT2D eigenvalue weighted by atomic mass is 35.5. The van der Waals surface area contributed by atoms with Crippen molar-refractivity contribution < 1.29 is 4.74 Å². The molecule has 1 aromatic heterocycles.